The van der Waals surface area contributed by atoms with Crippen LogP contribution in [0, 0.1) is 0 Å². The second-order valence-electron chi connectivity index (χ2n) is 5.68. The highest BCUT2D eigenvalue weighted by molar-refractivity contribution is 8.00. The second-order valence-corrected chi connectivity index (χ2v) is 8.59. The van der Waals surface area contributed by atoms with Crippen molar-refractivity contribution >= 4 is 34.6 Å². The van der Waals surface area contributed by atoms with Gasteiger partial charge in [-0.25, -0.2) is 4.98 Å². The third-order valence-electron chi connectivity index (χ3n) is 3.86. The van der Waals surface area contributed by atoms with E-state index in [4.69, 9.17) is 0 Å². The van der Waals surface area contributed by atoms with Crippen molar-refractivity contribution in [3.63, 3.8) is 0 Å². The molecule has 8 heteroatoms. The molecule has 3 aromatic heterocycles. The van der Waals surface area contributed by atoms with Crippen molar-refractivity contribution in [1.29, 1.82) is 0 Å². The Morgan fingerprint density at radius 2 is 2.09 bits per heavy atom. The summed E-state index contributed by atoms with van der Waals surface area (Å²) in [6.45, 7) is 0. The van der Waals surface area contributed by atoms with Gasteiger partial charge in [0.2, 0.25) is 0 Å². The van der Waals surface area contributed by atoms with E-state index >= 15 is 0 Å². The van der Waals surface area contributed by atoms with E-state index in [-0.39, 0.29) is 0 Å². The van der Waals surface area contributed by atoms with Gasteiger partial charge in [0.1, 0.15) is 5.82 Å². The maximum absolute atomic E-state index is 4.65. The van der Waals surface area contributed by atoms with Crippen LogP contribution in [0.4, 0.5) is 0 Å². The van der Waals surface area contributed by atoms with Gasteiger partial charge in [-0.15, -0.1) is 21.5 Å². The number of rotatable bonds is 5. The van der Waals surface area contributed by atoms with Crippen molar-refractivity contribution < 1.29 is 0 Å². The molecule has 22 heavy (non-hydrogen) atoms. The number of aromatic nitrogens is 5. The van der Waals surface area contributed by atoms with E-state index in [1.54, 1.807) is 23.1 Å². The monoisotopic (exact) mass is 347 g/mol. The molecule has 0 aromatic carbocycles. The fraction of sp³-hybridized carbons (Fsp3) is 0.429. The van der Waals surface area contributed by atoms with Gasteiger partial charge in [-0.05, 0) is 60.4 Å². The molecule has 5 rings (SSSR count). The zero-order chi connectivity index (χ0) is 14.5. The molecular formula is C14H13N5S3. The van der Waals surface area contributed by atoms with E-state index < -0.39 is 0 Å². The summed E-state index contributed by atoms with van der Waals surface area (Å²) in [7, 11) is 0. The van der Waals surface area contributed by atoms with E-state index in [0.717, 1.165) is 21.1 Å². The van der Waals surface area contributed by atoms with Crippen LogP contribution in [0.25, 0.3) is 10.7 Å². The lowest BCUT2D eigenvalue weighted by atomic mass is 10.4. The minimum Gasteiger partial charge on any atom is -0.298 e. The van der Waals surface area contributed by atoms with Crippen LogP contribution < -0.4 is 0 Å². The average molecular weight is 347 g/mol. The lowest BCUT2D eigenvalue weighted by Gasteiger charge is -2.05. The molecule has 0 atom stereocenters. The molecule has 0 N–H and O–H groups in total. The Balaban J connectivity index is 1.48. The Morgan fingerprint density at radius 3 is 2.82 bits per heavy atom. The van der Waals surface area contributed by atoms with Crippen molar-refractivity contribution in [3.05, 3.63) is 23.3 Å². The highest BCUT2D eigenvalue weighted by Crippen LogP contribution is 2.44. The molecule has 0 aliphatic heterocycles. The zero-order valence-electron chi connectivity index (χ0n) is 11.7. The smallest absolute Gasteiger partial charge is 0.198 e. The maximum atomic E-state index is 4.65. The molecule has 0 amide bonds. The topological polar surface area (TPSA) is 56.5 Å². The van der Waals surface area contributed by atoms with E-state index in [0.29, 0.717) is 12.0 Å². The Bertz CT molecular complexity index is 798. The highest BCUT2D eigenvalue weighted by Gasteiger charge is 2.32. The third-order valence-corrected chi connectivity index (χ3v) is 6.45. The first-order valence-corrected chi connectivity index (χ1v) is 9.85. The molecule has 0 radical (unpaired) electrons. The number of thiophene rings is 1. The number of hydrogen-bond donors (Lipinski definition) is 0. The first-order chi connectivity index (χ1) is 10.9. The van der Waals surface area contributed by atoms with Crippen LogP contribution in [0.5, 0.6) is 0 Å². The van der Waals surface area contributed by atoms with Gasteiger partial charge in [0.25, 0.3) is 0 Å². The molecule has 2 saturated carbocycles. The summed E-state index contributed by atoms with van der Waals surface area (Å²) in [5.74, 6) is 2.61. The van der Waals surface area contributed by atoms with Gasteiger partial charge in [-0.1, -0.05) is 6.07 Å². The molecule has 0 bridgehead atoms. The van der Waals surface area contributed by atoms with Crippen LogP contribution in [-0.4, -0.2) is 24.1 Å². The molecule has 3 heterocycles. The summed E-state index contributed by atoms with van der Waals surface area (Å²) < 4.78 is 7.74. The summed E-state index contributed by atoms with van der Waals surface area (Å²) in [5.41, 5.74) is 0. The van der Waals surface area contributed by atoms with E-state index in [1.807, 2.05) is 0 Å². The maximum Gasteiger partial charge on any atom is 0.198 e. The van der Waals surface area contributed by atoms with E-state index in [2.05, 4.69) is 41.6 Å². The van der Waals surface area contributed by atoms with Crippen molar-refractivity contribution in [2.75, 3.05) is 0 Å². The van der Waals surface area contributed by atoms with E-state index in [1.165, 1.54) is 42.1 Å². The molecule has 2 fully saturated rings. The zero-order valence-corrected chi connectivity index (χ0v) is 14.1. The average Bonchev–Trinajstić information content (AvgIpc) is 3.41. The van der Waals surface area contributed by atoms with Crippen LogP contribution in [0.15, 0.2) is 27.0 Å². The first kappa shape index (κ1) is 13.2. The minimum absolute atomic E-state index is 0.547. The Labute approximate surface area is 140 Å². The lowest BCUT2D eigenvalue weighted by Crippen LogP contribution is -1.98. The molecule has 0 unspecified atom stereocenters. The lowest BCUT2D eigenvalue weighted by molar-refractivity contribution is 0.670. The van der Waals surface area contributed by atoms with Crippen LogP contribution in [0.3, 0.4) is 0 Å². The molecule has 2 aliphatic carbocycles. The molecule has 5 nitrogen and oxygen atoms in total. The second kappa shape index (κ2) is 5.14. The molecular weight excluding hydrogens is 334 g/mol. The largest absolute Gasteiger partial charge is 0.298 e. The van der Waals surface area contributed by atoms with Crippen LogP contribution in [0.2, 0.25) is 0 Å². The fourth-order valence-electron chi connectivity index (χ4n) is 2.43. The molecule has 0 saturated heterocycles. The summed E-state index contributed by atoms with van der Waals surface area (Å²) >= 11 is 4.80. The SMILES string of the molecule is c1csc(-c2nnc(Sc3nc(C4CC4)ns3)n2C2CC2)c1. The third kappa shape index (κ3) is 2.39. The Kier molecular flexibility index (Phi) is 3.09. The molecule has 112 valence electrons. The highest BCUT2D eigenvalue weighted by atomic mass is 32.2. The predicted octanol–water partition coefficient (Wildman–Crippen LogP) is 4.22. The van der Waals surface area contributed by atoms with Crippen molar-refractivity contribution in [2.24, 2.45) is 0 Å². The van der Waals surface area contributed by atoms with Gasteiger partial charge in [0.05, 0.1) is 4.88 Å². The number of nitrogens with zero attached hydrogens (tertiary/aromatic N) is 5. The summed E-state index contributed by atoms with van der Waals surface area (Å²) in [6, 6.07) is 4.72. The van der Waals surface area contributed by atoms with Crippen molar-refractivity contribution in [3.8, 4) is 10.7 Å². The minimum atomic E-state index is 0.547. The predicted molar refractivity (Wildman–Crippen MR) is 87.6 cm³/mol. The molecule has 0 spiro atoms. The van der Waals surface area contributed by atoms with Gasteiger partial charge < -0.3 is 0 Å². The standard InChI is InChI=1S/C14H13N5S3/c1-2-10(20-7-1)12-16-17-13(19(12)9-5-6-9)21-14-15-11(18-22-14)8-3-4-8/h1-2,7-9H,3-6H2. The van der Waals surface area contributed by atoms with Crippen LogP contribution >= 0.6 is 34.6 Å². The Morgan fingerprint density at radius 1 is 1.18 bits per heavy atom. The van der Waals surface area contributed by atoms with Gasteiger partial charge in [0.15, 0.2) is 15.3 Å². The van der Waals surface area contributed by atoms with Crippen molar-refractivity contribution in [1.82, 2.24) is 24.1 Å². The van der Waals surface area contributed by atoms with Crippen molar-refractivity contribution in [2.45, 2.75) is 47.1 Å². The molecule has 2 aliphatic rings. The van der Waals surface area contributed by atoms with E-state index in [9.17, 15) is 0 Å². The normalized spacial score (nSPS) is 18.0. The summed E-state index contributed by atoms with van der Waals surface area (Å²) in [4.78, 5) is 5.83. The summed E-state index contributed by atoms with van der Waals surface area (Å²) in [6.07, 6.45) is 4.91. The fourth-order valence-corrected chi connectivity index (χ4v) is 4.83. The number of hydrogen-bond acceptors (Lipinski definition) is 7. The molecule has 3 aromatic rings. The quantitative estimate of drug-likeness (QED) is 0.691. The van der Waals surface area contributed by atoms with Gasteiger partial charge in [-0.3, -0.25) is 4.57 Å². The first-order valence-electron chi connectivity index (χ1n) is 7.39. The van der Waals surface area contributed by atoms with Gasteiger partial charge >= 0.3 is 0 Å². The van der Waals surface area contributed by atoms with Gasteiger partial charge in [0, 0.05) is 12.0 Å². The van der Waals surface area contributed by atoms with Crippen LogP contribution in [-0.2, 0) is 0 Å². The summed E-state index contributed by atoms with van der Waals surface area (Å²) in [5, 5.41) is 11.9. The van der Waals surface area contributed by atoms with Gasteiger partial charge in [-0.2, -0.15) is 4.37 Å². The van der Waals surface area contributed by atoms with Crippen LogP contribution in [0.1, 0.15) is 43.5 Å². The Hall–Kier alpha value is -1.25.